The number of hydrogen-bond acceptors (Lipinski definition) is 13. The first-order valence-corrected chi connectivity index (χ1v) is 31.8. The van der Waals surface area contributed by atoms with E-state index >= 15 is 14.0 Å². The number of benzene rings is 3. The summed E-state index contributed by atoms with van der Waals surface area (Å²) in [5.41, 5.74) is 1.26. The van der Waals surface area contributed by atoms with Gasteiger partial charge in [-0.1, -0.05) is 6.07 Å². The van der Waals surface area contributed by atoms with Crippen LogP contribution >= 0.6 is 11.6 Å². The first-order valence-electron chi connectivity index (χ1n) is 26.3. The van der Waals surface area contributed by atoms with Gasteiger partial charge in [0.2, 0.25) is 0 Å². The van der Waals surface area contributed by atoms with E-state index in [4.69, 9.17) is 30.5 Å². The van der Waals surface area contributed by atoms with Crippen LogP contribution in [0.1, 0.15) is 59.2 Å². The molecule has 18 nitrogen and oxygen atoms in total. The minimum atomic E-state index is -3.91. The Bertz CT molecular complexity index is 3090. The number of nitrogens with zero attached hydrogens (tertiary/aromatic N) is 10. The SMILES string of the molecule is CCC1(N2CCN(C(=O)OC(C)(C)C)CC2)[CH](C(=O)Nc2cc(Cl)c3nc(C)cn3c2)[In]([c]2ccc(N3CCN(c4ccc(OC[C@H]5OC[C@](Cn6cncn6)(c6ccc(F)cc6F)O5)cc4)CC3)cc2)[C](=O)N1C(C)C. The number of amides is 3. The second-order valence-corrected chi connectivity index (χ2v) is 29.9. The van der Waals surface area contributed by atoms with E-state index in [0.29, 0.717) is 54.7 Å². The summed E-state index contributed by atoms with van der Waals surface area (Å²) in [6, 6.07) is 21.1. The van der Waals surface area contributed by atoms with Gasteiger partial charge in [-0.05, 0) is 6.07 Å². The molecule has 406 valence electrons. The van der Waals surface area contributed by atoms with Gasteiger partial charge in [-0.15, -0.1) is 0 Å². The summed E-state index contributed by atoms with van der Waals surface area (Å²) in [5, 5.41) is 7.81. The topological polar surface area (TPSA) is 164 Å². The number of halogens is 3. The Morgan fingerprint density at radius 2 is 1.60 bits per heavy atom. The number of piperazine rings is 2. The zero-order valence-corrected chi connectivity index (χ0v) is 48.5. The number of anilines is 3. The number of fused-ring (bicyclic) bond motifs is 1. The van der Waals surface area contributed by atoms with Crippen LogP contribution in [-0.4, -0.2) is 165 Å². The number of hydrogen-bond donors (Lipinski definition) is 1. The van der Waals surface area contributed by atoms with E-state index < -0.39 is 59.9 Å². The standard InChI is InChI=1S/C29H28F2N5O3.C26H37ClN6O4.In/c30-22-6-11-26(27(31)16-22)29(18-36-21-32-20-33-36)19-38-28(39-29)17-37-25-9-7-24(8-10-25)35-14-12-34(13-15-35)23-4-2-1-3-5-23;1-8-26(33(17-34)18(2)3,32-11-9-30(10-12-32)24(36)37-25(5,6)7)14-22(35)29-20-13-21(27)23-28-19(4)15-31(23)16-20;/h2-11,16,20-21,28H,12-15,17-19H2;13-16,18H,8-12H2,1-7H3,(H,29,35);/t28-,29+;;/m0../s1. The van der Waals surface area contributed by atoms with E-state index in [1.807, 2.05) is 87.5 Å². The summed E-state index contributed by atoms with van der Waals surface area (Å²) >= 11 is 2.83. The molecule has 2 unspecified atom stereocenters. The van der Waals surface area contributed by atoms with E-state index in [2.05, 4.69) is 66.3 Å². The summed E-state index contributed by atoms with van der Waals surface area (Å²) in [6.45, 7) is 18.5. The number of aromatic nitrogens is 5. The fourth-order valence-electron chi connectivity index (χ4n) is 11.7. The molecular formula is C55H65ClF2InN11O7. The molecule has 0 spiro atoms. The quantitative estimate of drug-likeness (QED) is 0.113. The van der Waals surface area contributed by atoms with Gasteiger partial charge in [0.05, 0.1) is 13.2 Å². The van der Waals surface area contributed by atoms with Crippen molar-refractivity contribution in [1.29, 1.82) is 0 Å². The molecule has 3 aromatic heterocycles. The number of aryl methyl sites for hydroxylation is 1. The molecule has 0 radical (unpaired) electrons. The summed E-state index contributed by atoms with van der Waals surface area (Å²) in [5.74, 6) is -1.04. The molecule has 0 aliphatic carbocycles. The van der Waals surface area contributed by atoms with Crippen LogP contribution in [0.4, 0.5) is 35.4 Å². The molecule has 4 aliphatic rings. The van der Waals surface area contributed by atoms with Crippen LogP contribution < -0.4 is 23.2 Å². The van der Waals surface area contributed by atoms with Crippen LogP contribution in [0.15, 0.2) is 97.8 Å². The molecule has 7 heterocycles. The molecule has 10 rings (SSSR count). The van der Waals surface area contributed by atoms with Crippen molar-refractivity contribution in [2.75, 3.05) is 80.7 Å². The third-order valence-corrected chi connectivity index (χ3v) is 25.1. The molecule has 6 aromatic rings. The maximum absolute atomic E-state index is 15.3. The van der Waals surface area contributed by atoms with Crippen molar-refractivity contribution >= 4 is 74.7 Å². The first kappa shape index (κ1) is 54.4. The zero-order chi connectivity index (χ0) is 54.4. The van der Waals surface area contributed by atoms with Crippen molar-refractivity contribution in [2.24, 2.45) is 0 Å². The van der Waals surface area contributed by atoms with E-state index in [1.54, 1.807) is 11.0 Å². The van der Waals surface area contributed by atoms with E-state index in [9.17, 15) is 9.18 Å². The van der Waals surface area contributed by atoms with Gasteiger partial charge in [-0.2, -0.15) is 5.10 Å². The molecule has 4 aliphatic heterocycles. The Labute approximate surface area is 459 Å². The van der Waals surface area contributed by atoms with Gasteiger partial charge in [0.25, 0.3) is 0 Å². The molecule has 4 atom stereocenters. The van der Waals surface area contributed by atoms with E-state index in [0.717, 1.165) is 52.6 Å². The summed E-state index contributed by atoms with van der Waals surface area (Å²) in [4.78, 5) is 63.1. The Balaban J connectivity index is 0.821. The zero-order valence-electron chi connectivity index (χ0n) is 44.5. The van der Waals surface area contributed by atoms with Crippen LogP contribution in [0.2, 0.25) is 8.70 Å². The summed E-state index contributed by atoms with van der Waals surface area (Å²) in [7, 11) is 0. The Hall–Kier alpha value is -6.00. The predicted octanol–water partition coefficient (Wildman–Crippen LogP) is 7.64. The van der Waals surface area contributed by atoms with Gasteiger partial charge in [0.15, 0.2) is 6.29 Å². The molecule has 3 aromatic carbocycles. The maximum atomic E-state index is 15.3. The third-order valence-electron chi connectivity index (χ3n) is 15.1. The van der Waals surface area contributed by atoms with Gasteiger partial charge >= 0.3 is 345 Å². The van der Waals surface area contributed by atoms with Crippen molar-refractivity contribution in [3.63, 3.8) is 0 Å². The van der Waals surface area contributed by atoms with Crippen molar-refractivity contribution < 1.29 is 42.1 Å². The van der Waals surface area contributed by atoms with Crippen LogP contribution in [0.5, 0.6) is 5.75 Å². The Morgan fingerprint density at radius 3 is 2.21 bits per heavy atom. The number of nitrogens with one attached hydrogen (secondary N) is 1. The predicted molar refractivity (Wildman–Crippen MR) is 289 cm³/mol. The van der Waals surface area contributed by atoms with Gasteiger partial charge in [0, 0.05) is 11.6 Å². The average molecular weight is 1180 g/mol. The van der Waals surface area contributed by atoms with Crippen LogP contribution in [0.25, 0.3) is 5.65 Å². The normalized spacial score (nSPS) is 22.4. The number of carbonyl (C=O) groups is 3. The molecule has 0 saturated carbocycles. The second kappa shape index (κ2) is 22.0. The van der Waals surface area contributed by atoms with Gasteiger partial charge in [0.1, 0.15) is 36.5 Å². The van der Waals surface area contributed by atoms with Crippen molar-refractivity contribution in [2.45, 2.75) is 94.3 Å². The molecule has 3 amide bonds. The molecule has 0 bridgehead atoms. The van der Waals surface area contributed by atoms with Crippen molar-refractivity contribution in [3.8, 4) is 5.75 Å². The fourth-order valence-corrected chi connectivity index (χ4v) is 23.2. The summed E-state index contributed by atoms with van der Waals surface area (Å²) < 4.78 is 56.8. The van der Waals surface area contributed by atoms with Crippen molar-refractivity contribution in [3.05, 3.63) is 126 Å². The minimum absolute atomic E-state index is 0.00180. The third kappa shape index (κ3) is 11.1. The number of pyridine rings is 1. The Kier molecular flexibility index (Phi) is 15.6. The molecule has 77 heavy (non-hydrogen) atoms. The van der Waals surface area contributed by atoms with Gasteiger partial charge < -0.3 is 14.2 Å². The average Bonchev–Trinajstić information content (AvgIpc) is 4.21. The number of imidazole rings is 1. The van der Waals surface area contributed by atoms with E-state index in [1.165, 1.54) is 29.5 Å². The molecular weight excluding hydrogens is 1110 g/mol. The van der Waals surface area contributed by atoms with Gasteiger partial charge in [-0.3, -0.25) is 0 Å². The number of rotatable bonds is 14. The van der Waals surface area contributed by atoms with Crippen LogP contribution in [0.3, 0.4) is 0 Å². The van der Waals surface area contributed by atoms with Crippen LogP contribution in [-0.2, 0) is 31.2 Å². The van der Waals surface area contributed by atoms with E-state index in [-0.39, 0.29) is 47.0 Å². The molecule has 1 N–H and O–H groups in total. The molecule has 4 fully saturated rings. The van der Waals surface area contributed by atoms with Crippen molar-refractivity contribution in [1.82, 2.24) is 38.8 Å². The van der Waals surface area contributed by atoms with Gasteiger partial charge in [-0.25, -0.2) is 18.4 Å². The second-order valence-electron chi connectivity index (χ2n) is 21.6. The number of carbonyl (C=O) groups excluding carboxylic acids is 3. The molecule has 4 saturated heterocycles. The monoisotopic (exact) mass is 1180 g/mol. The fraction of sp³-hybridized carbons (Fsp3) is 0.455. The first-order chi connectivity index (χ1) is 36.8. The molecule has 22 heteroatoms. The Morgan fingerprint density at radius 1 is 0.922 bits per heavy atom. The van der Waals surface area contributed by atoms with Crippen LogP contribution in [0, 0.1) is 18.6 Å². The summed E-state index contributed by atoms with van der Waals surface area (Å²) in [6.07, 6.45) is 5.85. The number of ether oxygens (including phenoxy) is 4.